The highest BCUT2D eigenvalue weighted by atomic mass is 32.2. The van der Waals surface area contributed by atoms with Crippen molar-refractivity contribution < 1.29 is 4.79 Å². The Bertz CT molecular complexity index is 365. The van der Waals surface area contributed by atoms with Crippen LogP contribution in [0.4, 0.5) is 0 Å². The number of carbonyl (C=O) groups is 1. The molecule has 0 radical (unpaired) electrons. The second kappa shape index (κ2) is 6.58. The molecule has 0 aliphatic heterocycles. The summed E-state index contributed by atoms with van der Waals surface area (Å²) in [5.41, 5.74) is 0. The van der Waals surface area contributed by atoms with Gasteiger partial charge in [-0.2, -0.15) is 0 Å². The van der Waals surface area contributed by atoms with Gasteiger partial charge in [-0.1, -0.05) is 25.6 Å². The number of aromatic nitrogens is 4. The highest BCUT2D eigenvalue weighted by molar-refractivity contribution is 8.00. The molecule has 1 heterocycles. The number of tetrazole rings is 1. The minimum Gasteiger partial charge on any atom is -0.355 e. The minimum atomic E-state index is -0.188. The number of amides is 1. The fraction of sp³-hybridized carbons (Fsp3) is 0.800. The van der Waals surface area contributed by atoms with Crippen molar-refractivity contribution in [2.24, 2.45) is 13.0 Å². The smallest absolute Gasteiger partial charge is 0.233 e. The van der Waals surface area contributed by atoms with Crippen LogP contribution >= 0.6 is 11.8 Å². The summed E-state index contributed by atoms with van der Waals surface area (Å²) in [5.74, 6) is 0.625. The van der Waals surface area contributed by atoms with Gasteiger partial charge >= 0.3 is 0 Å². The molecule has 1 N–H and O–H groups in total. The third kappa shape index (κ3) is 4.72. The fourth-order valence-electron chi connectivity index (χ4n) is 1.16. The van der Waals surface area contributed by atoms with Crippen LogP contribution in [0.15, 0.2) is 5.16 Å². The number of aryl methyl sites for hydroxylation is 1. The molecule has 0 spiro atoms. The van der Waals surface area contributed by atoms with Gasteiger partial charge < -0.3 is 5.32 Å². The molecule has 1 unspecified atom stereocenters. The Hall–Kier alpha value is -1.11. The van der Waals surface area contributed by atoms with Crippen molar-refractivity contribution in [3.63, 3.8) is 0 Å². The van der Waals surface area contributed by atoms with E-state index < -0.39 is 0 Å². The molecule has 17 heavy (non-hydrogen) atoms. The summed E-state index contributed by atoms with van der Waals surface area (Å²) in [6, 6.07) is 0. The van der Waals surface area contributed by atoms with Crippen LogP contribution in [0.3, 0.4) is 0 Å². The van der Waals surface area contributed by atoms with Crippen LogP contribution in [0, 0.1) is 5.92 Å². The summed E-state index contributed by atoms with van der Waals surface area (Å²) in [6.07, 6.45) is 0.995. The quantitative estimate of drug-likeness (QED) is 0.765. The Kier molecular flexibility index (Phi) is 5.40. The molecule has 0 fully saturated rings. The average molecular weight is 257 g/mol. The van der Waals surface area contributed by atoms with Crippen molar-refractivity contribution in [3.05, 3.63) is 0 Å². The van der Waals surface area contributed by atoms with Crippen molar-refractivity contribution >= 4 is 17.7 Å². The van der Waals surface area contributed by atoms with Crippen LogP contribution in [0.2, 0.25) is 0 Å². The van der Waals surface area contributed by atoms with Crippen LogP contribution in [-0.2, 0) is 11.8 Å². The number of nitrogens with one attached hydrogen (secondary N) is 1. The first-order valence-electron chi connectivity index (χ1n) is 5.67. The molecule has 6 nitrogen and oxygen atoms in total. The maximum atomic E-state index is 11.8. The van der Waals surface area contributed by atoms with Gasteiger partial charge in [0, 0.05) is 13.6 Å². The molecule has 96 valence electrons. The van der Waals surface area contributed by atoms with Gasteiger partial charge in [0.15, 0.2) is 0 Å². The van der Waals surface area contributed by atoms with E-state index in [0.29, 0.717) is 11.1 Å². The number of nitrogens with zero attached hydrogens (tertiary/aromatic N) is 4. The molecule has 1 amide bonds. The number of hydrogen-bond donors (Lipinski definition) is 1. The Morgan fingerprint density at radius 3 is 2.71 bits per heavy atom. The molecule has 1 atom stereocenters. The molecule has 0 aliphatic carbocycles. The first-order valence-corrected chi connectivity index (χ1v) is 6.55. The van der Waals surface area contributed by atoms with E-state index in [9.17, 15) is 4.79 Å². The molecular weight excluding hydrogens is 238 g/mol. The summed E-state index contributed by atoms with van der Waals surface area (Å²) in [6.45, 7) is 6.84. The number of hydrogen-bond acceptors (Lipinski definition) is 5. The third-order valence-electron chi connectivity index (χ3n) is 2.25. The lowest BCUT2D eigenvalue weighted by Crippen LogP contribution is -2.32. The van der Waals surface area contributed by atoms with Crippen LogP contribution in [0.1, 0.15) is 27.2 Å². The highest BCUT2D eigenvalue weighted by Gasteiger charge is 2.16. The van der Waals surface area contributed by atoms with Gasteiger partial charge in [-0.15, -0.1) is 5.10 Å². The standard InChI is InChI=1S/C10H19N5OS/c1-7(2)5-6-11-9(16)8(3)17-10-12-13-14-15(10)4/h7-8H,5-6H2,1-4H3,(H,11,16). The first kappa shape index (κ1) is 14.0. The van der Waals surface area contributed by atoms with Crippen molar-refractivity contribution in [3.8, 4) is 0 Å². The van der Waals surface area contributed by atoms with Gasteiger partial charge in [0.2, 0.25) is 11.1 Å². The van der Waals surface area contributed by atoms with E-state index in [1.165, 1.54) is 11.8 Å². The molecule has 0 aliphatic rings. The summed E-state index contributed by atoms with van der Waals surface area (Å²) < 4.78 is 1.56. The van der Waals surface area contributed by atoms with E-state index in [2.05, 4.69) is 34.7 Å². The maximum absolute atomic E-state index is 11.8. The summed E-state index contributed by atoms with van der Waals surface area (Å²) in [4.78, 5) is 11.8. The second-order valence-corrected chi connectivity index (χ2v) is 5.63. The van der Waals surface area contributed by atoms with Crippen molar-refractivity contribution in [2.45, 2.75) is 37.6 Å². The van der Waals surface area contributed by atoms with Crippen molar-refractivity contribution in [1.29, 1.82) is 0 Å². The molecule has 0 saturated carbocycles. The lowest BCUT2D eigenvalue weighted by atomic mass is 10.1. The molecule has 0 aromatic carbocycles. The number of thioether (sulfide) groups is 1. The zero-order chi connectivity index (χ0) is 12.8. The van der Waals surface area contributed by atoms with Crippen LogP contribution in [0.25, 0.3) is 0 Å². The monoisotopic (exact) mass is 257 g/mol. The Balaban J connectivity index is 2.35. The van der Waals surface area contributed by atoms with Gasteiger partial charge in [0.1, 0.15) is 0 Å². The molecule has 0 bridgehead atoms. The van der Waals surface area contributed by atoms with Crippen molar-refractivity contribution in [1.82, 2.24) is 25.5 Å². The van der Waals surface area contributed by atoms with Gasteiger partial charge in [-0.05, 0) is 29.7 Å². The van der Waals surface area contributed by atoms with E-state index >= 15 is 0 Å². The zero-order valence-electron chi connectivity index (χ0n) is 10.7. The molecule has 1 aromatic rings. The Labute approximate surface area is 106 Å². The Morgan fingerprint density at radius 1 is 1.47 bits per heavy atom. The lowest BCUT2D eigenvalue weighted by Gasteiger charge is -2.11. The maximum Gasteiger partial charge on any atom is 0.233 e. The van der Waals surface area contributed by atoms with Crippen LogP contribution < -0.4 is 5.32 Å². The second-order valence-electron chi connectivity index (χ2n) is 4.32. The fourth-order valence-corrected chi connectivity index (χ4v) is 1.94. The van der Waals surface area contributed by atoms with Crippen molar-refractivity contribution in [2.75, 3.05) is 6.54 Å². The summed E-state index contributed by atoms with van der Waals surface area (Å²) in [5, 5.41) is 14.4. The molecule has 1 rings (SSSR count). The minimum absolute atomic E-state index is 0.0265. The predicted octanol–water partition coefficient (Wildman–Crippen LogP) is 0.853. The average Bonchev–Trinajstić information content (AvgIpc) is 2.63. The molecule has 7 heteroatoms. The first-order chi connectivity index (χ1) is 8.00. The Morgan fingerprint density at radius 2 is 2.18 bits per heavy atom. The zero-order valence-corrected chi connectivity index (χ0v) is 11.5. The summed E-state index contributed by atoms with van der Waals surface area (Å²) in [7, 11) is 1.76. The van der Waals surface area contributed by atoms with Crippen LogP contribution in [-0.4, -0.2) is 37.9 Å². The molecular formula is C10H19N5OS. The van der Waals surface area contributed by atoms with Gasteiger partial charge in [0.05, 0.1) is 5.25 Å². The normalized spacial score (nSPS) is 12.8. The largest absolute Gasteiger partial charge is 0.355 e. The van der Waals surface area contributed by atoms with E-state index in [0.717, 1.165) is 13.0 Å². The van der Waals surface area contributed by atoms with Gasteiger partial charge in [0.25, 0.3) is 0 Å². The molecule has 1 aromatic heterocycles. The van der Waals surface area contributed by atoms with Crippen LogP contribution in [0.5, 0.6) is 0 Å². The van der Waals surface area contributed by atoms with E-state index in [1.807, 2.05) is 6.92 Å². The predicted molar refractivity (Wildman–Crippen MR) is 66.6 cm³/mol. The highest BCUT2D eigenvalue weighted by Crippen LogP contribution is 2.19. The van der Waals surface area contributed by atoms with E-state index in [1.54, 1.807) is 11.7 Å². The van der Waals surface area contributed by atoms with Gasteiger partial charge in [-0.25, -0.2) is 4.68 Å². The van der Waals surface area contributed by atoms with E-state index in [-0.39, 0.29) is 11.2 Å². The van der Waals surface area contributed by atoms with E-state index in [4.69, 9.17) is 0 Å². The summed E-state index contributed by atoms with van der Waals surface area (Å²) >= 11 is 1.36. The third-order valence-corrected chi connectivity index (χ3v) is 3.38. The lowest BCUT2D eigenvalue weighted by molar-refractivity contribution is -0.120. The number of carbonyl (C=O) groups excluding carboxylic acids is 1. The number of rotatable bonds is 6. The molecule has 0 saturated heterocycles. The van der Waals surface area contributed by atoms with Gasteiger partial charge in [-0.3, -0.25) is 4.79 Å². The topological polar surface area (TPSA) is 72.7 Å². The SMILES string of the molecule is CC(C)CCNC(=O)C(C)Sc1nnnn1C.